The van der Waals surface area contributed by atoms with Crippen molar-refractivity contribution >= 4 is 16.3 Å². The summed E-state index contributed by atoms with van der Waals surface area (Å²) in [5, 5.41) is 0. The third-order valence-electron chi connectivity index (χ3n) is 6.22. The molecule has 0 heterocycles. The molecule has 0 bridgehead atoms. The molecular formula is C26H52NNaO5S. The molecule has 198 valence electrons. The Bertz CT molecular complexity index is 551. The summed E-state index contributed by atoms with van der Waals surface area (Å²) in [6.07, 6.45) is 18.8. The van der Waals surface area contributed by atoms with Gasteiger partial charge in [0.25, 0.3) is 0 Å². The maximum Gasteiger partial charge on any atom is 1.00 e. The van der Waals surface area contributed by atoms with Crippen LogP contribution in [0.15, 0.2) is 0 Å². The molecule has 0 N–H and O–H groups in total. The Balaban J connectivity index is 0. The number of carbonyl (C=O) groups is 1. The van der Waals surface area contributed by atoms with Gasteiger partial charge in [0.2, 0.25) is 16.3 Å². The Labute approximate surface area is 233 Å². The van der Waals surface area contributed by atoms with Crippen molar-refractivity contribution in [2.75, 3.05) is 13.1 Å². The molecule has 0 radical (unpaired) electrons. The van der Waals surface area contributed by atoms with E-state index in [4.69, 9.17) is 4.18 Å². The van der Waals surface area contributed by atoms with Crippen molar-refractivity contribution in [3.05, 3.63) is 0 Å². The van der Waals surface area contributed by atoms with Crippen LogP contribution in [0.1, 0.15) is 143 Å². The zero-order valence-corrected chi connectivity index (χ0v) is 25.6. The second kappa shape index (κ2) is 25.0. The Morgan fingerprint density at radius 1 is 0.706 bits per heavy atom. The number of rotatable bonds is 24. The molecular weight excluding hydrogens is 461 g/mol. The molecule has 0 aliphatic rings. The predicted octanol–water partition coefficient (Wildman–Crippen LogP) is 4.14. The first-order chi connectivity index (χ1) is 15.8. The van der Waals surface area contributed by atoms with Gasteiger partial charge in [-0.3, -0.25) is 8.98 Å². The van der Waals surface area contributed by atoms with E-state index in [0.717, 1.165) is 109 Å². The third-order valence-corrected chi connectivity index (χ3v) is 6.72. The molecule has 0 aliphatic heterocycles. The summed E-state index contributed by atoms with van der Waals surface area (Å²) >= 11 is 0. The van der Waals surface area contributed by atoms with Gasteiger partial charge in [-0.25, -0.2) is 8.42 Å². The minimum atomic E-state index is -4.62. The molecule has 6 nitrogen and oxygen atoms in total. The van der Waals surface area contributed by atoms with Crippen molar-refractivity contribution in [2.24, 2.45) is 0 Å². The van der Waals surface area contributed by atoms with E-state index in [9.17, 15) is 17.8 Å². The molecule has 34 heavy (non-hydrogen) atoms. The van der Waals surface area contributed by atoms with Crippen LogP contribution in [0.5, 0.6) is 0 Å². The SMILES string of the molecule is CCCCCCC(CCCCCCCCCCC(=O)N(CCCC)CCCC)OS(=O)(=O)[O-].[Na+]. The van der Waals surface area contributed by atoms with Crippen LogP contribution in [0.2, 0.25) is 0 Å². The first kappa shape index (κ1) is 36.5. The molecule has 0 aromatic carbocycles. The Morgan fingerprint density at radius 2 is 1.12 bits per heavy atom. The normalized spacial score (nSPS) is 12.4. The molecule has 0 fully saturated rings. The van der Waals surface area contributed by atoms with E-state index in [1.807, 2.05) is 0 Å². The van der Waals surface area contributed by atoms with Gasteiger partial charge in [0, 0.05) is 19.5 Å². The van der Waals surface area contributed by atoms with Crippen LogP contribution in [-0.2, 0) is 19.4 Å². The number of amides is 1. The molecule has 8 heteroatoms. The van der Waals surface area contributed by atoms with Gasteiger partial charge in [0.15, 0.2) is 0 Å². The minimum absolute atomic E-state index is 0. The fourth-order valence-corrected chi connectivity index (χ4v) is 4.66. The molecule has 0 saturated carbocycles. The fraction of sp³-hybridized carbons (Fsp3) is 0.962. The zero-order chi connectivity index (χ0) is 24.8. The molecule has 0 aliphatic carbocycles. The Morgan fingerprint density at radius 3 is 1.56 bits per heavy atom. The molecule has 0 rings (SSSR count). The maximum absolute atomic E-state index is 12.5. The standard InChI is InChI=1S/C26H53NO5S.Na/c1-4-7-10-17-20-25(32-33(29,30)31)21-18-15-13-11-12-14-16-19-22-26(28)27(23-8-5-2)24-9-6-3;/h25H,4-24H2,1-3H3,(H,29,30,31);/q;+1/p-1. The average Bonchev–Trinajstić information content (AvgIpc) is 2.76. The smallest absolute Gasteiger partial charge is 0.726 e. The van der Waals surface area contributed by atoms with E-state index < -0.39 is 16.5 Å². The van der Waals surface area contributed by atoms with E-state index in [2.05, 4.69) is 25.7 Å². The van der Waals surface area contributed by atoms with Crippen LogP contribution in [0, 0.1) is 0 Å². The summed E-state index contributed by atoms with van der Waals surface area (Å²) in [4.78, 5) is 14.5. The number of nitrogens with zero attached hydrogens (tertiary/aromatic N) is 1. The monoisotopic (exact) mass is 513 g/mol. The number of carbonyl (C=O) groups excluding carboxylic acids is 1. The van der Waals surface area contributed by atoms with E-state index in [-0.39, 0.29) is 29.6 Å². The second-order valence-electron chi connectivity index (χ2n) is 9.43. The van der Waals surface area contributed by atoms with E-state index in [1.54, 1.807) is 0 Å². The van der Waals surface area contributed by atoms with Crippen LogP contribution >= 0.6 is 0 Å². The molecule has 1 unspecified atom stereocenters. The van der Waals surface area contributed by atoms with Crippen LogP contribution in [0.4, 0.5) is 0 Å². The molecule has 0 saturated heterocycles. The minimum Gasteiger partial charge on any atom is -0.726 e. The quantitative estimate of drug-likeness (QED) is 0.0838. The molecule has 0 aromatic rings. The van der Waals surface area contributed by atoms with Crippen molar-refractivity contribution < 1.29 is 51.5 Å². The van der Waals surface area contributed by atoms with Gasteiger partial charge >= 0.3 is 29.6 Å². The predicted molar refractivity (Wildman–Crippen MR) is 136 cm³/mol. The van der Waals surface area contributed by atoms with Crippen LogP contribution in [0.25, 0.3) is 0 Å². The number of hydrogen-bond donors (Lipinski definition) is 0. The van der Waals surface area contributed by atoms with Gasteiger partial charge in [-0.2, -0.15) is 0 Å². The van der Waals surface area contributed by atoms with Crippen LogP contribution in [0.3, 0.4) is 0 Å². The summed E-state index contributed by atoms with van der Waals surface area (Å²) in [6.45, 7) is 8.27. The van der Waals surface area contributed by atoms with Gasteiger partial charge < -0.3 is 9.45 Å². The second-order valence-corrected chi connectivity index (χ2v) is 10.4. The molecule has 1 amide bonds. The molecule has 0 aromatic heterocycles. The Hall–Kier alpha value is 0.340. The first-order valence-corrected chi connectivity index (χ1v) is 15.1. The average molecular weight is 514 g/mol. The zero-order valence-electron chi connectivity index (χ0n) is 22.8. The number of hydrogen-bond acceptors (Lipinski definition) is 5. The molecule has 0 spiro atoms. The van der Waals surface area contributed by atoms with Gasteiger partial charge in [-0.05, 0) is 32.1 Å². The van der Waals surface area contributed by atoms with Crippen LogP contribution < -0.4 is 29.6 Å². The first-order valence-electron chi connectivity index (χ1n) is 13.8. The summed E-state index contributed by atoms with van der Waals surface area (Å²) in [6, 6.07) is 0. The topological polar surface area (TPSA) is 86.7 Å². The summed E-state index contributed by atoms with van der Waals surface area (Å²) in [5.41, 5.74) is 0. The third kappa shape index (κ3) is 24.1. The number of unbranched alkanes of at least 4 members (excludes halogenated alkanes) is 12. The fourth-order valence-electron chi connectivity index (χ4n) is 4.13. The van der Waals surface area contributed by atoms with E-state index in [0.29, 0.717) is 25.2 Å². The van der Waals surface area contributed by atoms with Gasteiger partial charge in [0.1, 0.15) is 0 Å². The van der Waals surface area contributed by atoms with Crippen LogP contribution in [-0.4, -0.2) is 43.0 Å². The maximum atomic E-state index is 12.5. The van der Waals surface area contributed by atoms with Crippen molar-refractivity contribution in [1.82, 2.24) is 4.90 Å². The van der Waals surface area contributed by atoms with E-state index in [1.165, 1.54) is 6.42 Å². The Kier molecular flexibility index (Phi) is 26.8. The van der Waals surface area contributed by atoms with Crippen molar-refractivity contribution in [1.29, 1.82) is 0 Å². The van der Waals surface area contributed by atoms with E-state index >= 15 is 0 Å². The van der Waals surface area contributed by atoms with Crippen molar-refractivity contribution in [2.45, 2.75) is 149 Å². The van der Waals surface area contributed by atoms with Gasteiger partial charge in [-0.15, -0.1) is 0 Å². The summed E-state index contributed by atoms with van der Waals surface area (Å²) in [5.74, 6) is 0.323. The molecule has 1 atom stereocenters. The summed E-state index contributed by atoms with van der Waals surface area (Å²) in [7, 11) is -4.62. The largest absolute Gasteiger partial charge is 1.00 e. The van der Waals surface area contributed by atoms with Crippen molar-refractivity contribution in [3.63, 3.8) is 0 Å². The van der Waals surface area contributed by atoms with Gasteiger partial charge in [0.05, 0.1) is 6.10 Å². The van der Waals surface area contributed by atoms with Crippen molar-refractivity contribution in [3.8, 4) is 0 Å². The summed E-state index contributed by atoms with van der Waals surface area (Å²) < 4.78 is 37.6. The van der Waals surface area contributed by atoms with Gasteiger partial charge in [-0.1, -0.05) is 104 Å².